The molecule has 2 heterocycles. The van der Waals surface area contributed by atoms with Crippen LogP contribution in [-0.2, 0) is 10.0 Å². The Kier molecular flexibility index (Phi) is 7.19. The Labute approximate surface area is 219 Å². The number of benzene rings is 3. The summed E-state index contributed by atoms with van der Waals surface area (Å²) in [6.07, 6.45) is 1.60. The quantitative estimate of drug-likeness (QED) is 0.543. The van der Waals surface area contributed by atoms with Crippen molar-refractivity contribution >= 4 is 10.0 Å². The Morgan fingerprint density at radius 2 is 1.70 bits per heavy atom. The monoisotopic (exact) mass is 515 g/mol. The highest BCUT2D eigenvalue weighted by molar-refractivity contribution is 7.89. The minimum Gasteiger partial charge on any atom is -0.395 e. The molecule has 2 aliphatic heterocycles. The molecule has 6 nitrogen and oxygen atoms in total. The van der Waals surface area contributed by atoms with E-state index >= 15 is 0 Å². The van der Waals surface area contributed by atoms with E-state index in [-0.39, 0.29) is 35.1 Å². The first-order chi connectivity index (χ1) is 17.9. The molecule has 3 aromatic rings. The highest BCUT2D eigenvalue weighted by Gasteiger charge is 2.50. The molecule has 0 bridgehead atoms. The topological polar surface area (TPSA) is 84.6 Å². The van der Waals surface area contributed by atoms with E-state index in [0.717, 1.165) is 30.5 Å². The number of hydrogen-bond donors (Lipinski definition) is 1. The Morgan fingerprint density at radius 1 is 0.973 bits per heavy atom. The van der Waals surface area contributed by atoms with E-state index in [1.54, 1.807) is 22.5 Å². The summed E-state index contributed by atoms with van der Waals surface area (Å²) in [5, 5.41) is 19.8. The van der Waals surface area contributed by atoms with E-state index in [2.05, 4.69) is 61.2 Å². The van der Waals surface area contributed by atoms with Gasteiger partial charge < -0.3 is 5.11 Å². The van der Waals surface area contributed by atoms with Gasteiger partial charge in [0.15, 0.2) is 0 Å². The van der Waals surface area contributed by atoms with Gasteiger partial charge in [0.25, 0.3) is 0 Å². The van der Waals surface area contributed by atoms with Gasteiger partial charge in [0, 0.05) is 31.1 Å². The normalized spacial score (nSPS) is 22.8. The molecular formula is C30H33N3O3S. The summed E-state index contributed by atoms with van der Waals surface area (Å²) in [4.78, 5) is 2.33. The van der Waals surface area contributed by atoms with Crippen LogP contribution in [0.2, 0.25) is 0 Å². The van der Waals surface area contributed by atoms with Gasteiger partial charge in [0.2, 0.25) is 10.0 Å². The first-order valence-electron chi connectivity index (χ1n) is 12.9. The van der Waals surface area contributed by atoms with Gasteiger partial charge in [-0.1, -0.05) is 54.6 Å². The minimum absolute atomic E-state index is 0.0275. The molecule has 192 valence electrons. The van der Waals surface area contributed by atoms with Crippen LogP contribution >= 0.6 is 0 Å². The van der Waals surface area contributed by atoms with E-state index in [1.165, 1.54) is 22.8 Å². The fraction of sp³-hybridized carbons (Fsp3) is 0.367. The SMILES string of the molecule is Cc1cccc(-c2ccc(C3C4CN(S(=O)(=O)c5ccccc5C#N)CCCCN4[C@@H]3CO)cc2)c1C. The zero-order valence-corrected chi connectivity index (χ0v) is 22.2. The summed E-state index contributed by atoms with van der Waals surface area (Å²) >= 11 is 0. The lowest BCUT2D eigenvalue weighted by molar-refractivity contribution is -0.0553. The number of nitrogens with zero attached hydrogens (tertiary/aromatic N) is 3. The largest absolute Gasteiger partial charge is 0.395 e. The van der Waals surface area contributed by atoms with Crippen molar-refractivity contribution in [3.8, 4) is 17.2 Å². The summed E-state index contributed by atoms with van der Waals surface area (Å²) in [6.45, 7) is 5.89. The van der Waals surface area contributed by atoms with E-state index in [4.69, 9.17) is 0 Å². The number of sulfonamides is 1. The molecule has 7 heteroatoms. The third kappa shape index (κ3) is 4.60. The number of aryl methyl sites for hydroxylation is 1. The minimum atomic E-state index is -3.83. The molecule has 2 aliphatic rings. The maximum atomic E-state index is 13.7. The molecule has 2 saturated heterocycles. The molecule has 2 fully saturated rings. The second-order valence-electron chi connectivity index (χ2n) is 10.1. The Balaban J connectivity index is 1.45. The molecule has 3 atom stereocenters. The van der Waals surface area contributed by atoms with Crippen LogP contribution in [0.5, 0.6) is 0 Å². The first-order valence-corrected chi connectivity index (χ1v) is 14.3. The van der Waals surface area contributed by atoms with Crippen molar-refractivity contribution in [2.24, 2.45) is 0 Å². The van der Waals surface area contributed by atoms with Crippen molar-refractivity contribution in [3.63, 3.8) is 0 Å². The summed E-state index contributed by atoms with van der Waals surface area (Å²) in [5.41, 5.74) is 6.16. The second-order valence-corrected chi connectivity index (χ2v) is 12.0. The molecule has 2 unspecified atom stereocenters. The van der Waals surface area contributed by atoms with Crippen molar-refractivity contribution in [1.82, 2.24) is 9.21 Å². The summed E-state index contributed by atoms with van der Waals surface area (Å²) in [5.74, 6) is 0.0275. The van der Waals surface area contributed by atoms with Crippen LogP contribution in [0.1, 0.15) is 41.0 Å². The molecule has 37 heavy (non-hydrogen) atoms. The lowest BCUT2D eigenvalue weighted by Crippen LogP contribution is -2.67. The van der Waals surface area contributed by atoms with Crippen LogP contribution in [0.4, 0.5) is 0 Å². The summed E-state index contributed by atoms with van der Waals surface area (Å²) < 4.78 is 28.9. The number of aliphatic hydroxyl groups excluding tert-OH is 1. The molecule has 0 saturated carbocycles. The molecule has 0 amide bonds. The zero-order valence-electron chi connectivity index (χ0n) is 21.3. The third-order valence-corrected chi connectivity index (χ3v) is 10.1. The van der Waals surface area contributed by atoms with Crippen LogP contribution in [-0.4, -0.2) is 61.1 Å². The fourth-order valence-electron chi connectivity index (χ4n) is 6.00. The average Bonchev–Trinajstić information content (AvgIpc) is 2.89. The summed E-state index contributed by atoms with van der Waals surface area (Å²) in [6, 6.07) is 23.2. The zero-order chi connectivity index (χ0) is 26.2. The Morgan fingerprint density at radius 3 is 2.43 bits per heavy atom. The highest BCUT2D eigenvalue weighted by Crippen LogP contribution is 2.43. The van der Waals surface area contributed by atoms with Crippen LogP contribution < -0.4 is 0 Å². The standard InChI is InChI=1S/C30H33N3O3S/c1-21-8-7-10-26(22(21)2)23-12-14-24(15-13-23)30-27-19-32(16-5-6-17-33(27)28(30)20-34)37(35,36)29-11-4-3-9-25(29)18-31/h3-4,7-15,27-28,30,34H,5-6,16-17,19-20H2,1-2H3/t27?,28-,30?/m1/s1. The highest BCUT2D eigenvalue weighted by atomic mass is 32.2. The summed E-state index contributed by atoms with van der Waals surface area (Å²) in [7, 11) is -3.83. The number of nitriles is 1. The smallest absolute Gasteiger partial charge is 0.244 e. The predicted octanol–water partition coefficient (Wildman–Crippen LogP) is 4.46. The molecule has 0 spiro atoms. The number of hydrogen-bond acceptors (Lipinski definition) is 5. The van der Waals surface area contributed by atoms with Crippen molar-refractivity contribution in [2.75, 3.05) is 26.2 Å². The van der Waals surface area contributed by atoms with Crippen molar-refractivity contribution in [1.29, 1.82) is 5.26 Å². The molecule has 1 N–H and O–H groups in total. The second kappa shape index (κ2) is 10.4. The maximum Gasteiger partial charge on any atom is 0.244 e. The van der Waals surface area contributed by atoms with Crippen LogP contribution in [0, 0.1) is 25.2 Å². The Bertz CT molecular complexity index is 1430. The van der Waals surface area contributed by atoms with Crippen LogP contribution in [0.3, 0.4) is 0 Å². The van der Waals surface area contributed by atoms with E-state index in [0.29, 0.717) is 13.1 Å². The van der Waals surface area contributed by atoms with Gasteiger partial charge in [-0.05, 0) is 73.2 Å². The first kappa shape index (κ1) is 25.6. The lowest BCUT2D eigenvalue weighted by Gasteiger charge is -2.57. The predicted molar refractivity (Wildman–Crippen MR) is 145 cm³/mol. The van der Waals surface area contributed by atoms with Crippen LogP contribution in [0.25, 0.3) is 11.1 Å². The molecule has 3 aromatic carbocycles. The van der Waals surface area contributed by atoms with Gasteiger partial charge in [0.1, 0.15) is 6.07 Å². The average molecular weight is 516 g/mol. The molecule has 5 rings (SSSR count). The maximum absolute atomic E-state index is 13.7. The van der Waals surface area contributed by atoms with Crippen molar-refractivity contribution in [2.45, 2.75) is 49.6 Å². The molecule has 0 aliphatic carbocycles. The lowest BCUT2D eigenvalue weighted by atomic mass is 9.74. The third-order valence-electron chi connectivity index (χ3n) is 8.17. The molecule has 0 aromatic heterocycles. The Hall–Kier alpha value is -3.02. The van der Waals surface area contributed by atoms with Gasteiger partial charge in [0.05, 0.1) is 17.1 Å². The van der Waals surface area contributed by atoms with Crippen LogP contribution in [0.15, 0.2) is 71.6 Å². The van der Waals surface area contributed by atoms with E-state index in [9.17, 15) is 18.8 Å². The van der Waals surface area contributed by atoms with E-state index < -0.39 is 10.0 Å². The molecule has 0 radical (unpaired) electrons. The van der Waals surface area contributed by atoms with Gasteiger partial charge in [-0.3, -0.25) is 4.90 Å². The molecular weight excluding hydrogens is 482 g/mol. The van der Waals surface area contributed by atoms with Gasteiger partial charge in [-0.15, -0.1) is 0 Å². The van der Waals surface area contributed by atoms with Gasteiger partial charge in [-0.2, -0.15) is 9.57 Å². The fourth-order valence-corrected chi connectivity index (χ4v) is 7.64. The number of fused-ring (bicyclic) bond motifs is 1. The van der Waals surface area contributed by atoms with Gasteiger partial charge >= 0.3 is 0 Å². The van der Waals surface area contributed by atoms with E-state index in [1.807, 2.05) is 6.07 Å². The number of aliphatic hydroxyl groups is 1. The van der Waals surface area contributed by atoms with Gasteiger partial charge in [-0.25, -0.2) is 8.42 Å². The number of rotatable bonds is 5. The van der Waals surface area contributed by atoms with Crippen molar-refractivity contribution in [3.05, 3.63) is 89.0 Å². The van der Waals surface area contributed by atoms with Crippen molar-refractivity contribution < 1.29 is 13.5 Å².